The second-order valence-electron chi connectivity index (χ2n) is 5.69. The Morgan fingerprint density at radius 1 is 1.28 bits per heavy atom. The van der Waals surface area contributed by atoms with Crippen molar-refractivity contribution in [3.05, 3.63) is 81.6 Å². The van der Waals surface area contributed by atoms with Crippen LogP contribution < -0.4 is 9.47 Å². The molecule has 0 spiro atoms. The van der Waals surface area contributed by atoms with Crippen molar-refractivity contribution in [2.45, 2.75) is 6.92 Å². The number of rotatable bonds is 5. The Morgan fingerprint density at radius 2 is 2.00 bits per heavy atom. The zero-order valence-electron chi connectivity index (χ0n) is 13.5. The third-order valence-corrected chi connectivity index (χ3v) is 3.53. The number of allylic oxidation sites excluding steroid dienone is 1. The van der Waals surface area contributed by atoms with Crippen LogP contribution in [0.1, 0.15) is 22.8 Å². The van der Waals surface area contributed by atoms with E-state index >= 15 is 0 Å². The molecule has 2 aromatic carbocycles. The molecule has 0 amide bonds. The summed E-state index contributed by atoms with van der Waals surface area (Å²) in [5.41, 5.74) is 1.97. The summed E-state index contributed by atoms with van der Waals surface area (Å²) in [7, 11) is 0. The molecule has 1 aliphatic heterocycles. The minimum Gasteiger partial charge on any atom is -0.489 e. The number of carbonyl (C=O) groups excluding carboxylic acids is 1. The molecule has 0 unspecified atom stereocenters. The van der Waals surface area contributed by atoms with Crippen molar-refractivity contribution in [2.24, 2.45) is 0 Å². The lowest BCUT2D eigenvalue weighted by Gasteiger charge is -2.06. The molecular weight excluding hydrogens is 322 g/mol. The SMILES string of the molecule is C=C(C)COc1ccc2c(c1)O/C(=C\c1ccc([N+](=O)[O-])cc1)C2=O. The van der Waals surface area contributed by atoms with Crippen LogP contribution >= 0.6 is 0 Å². The van der Waals surface area contributed by atoms with Crippen LogP contribution in [0.4, 0.5) is 5.69 Å². The summed E-state index contributed by atoms with van der Waals surface area (Å²) in [6.07, 6.45) is 1.56. The number of Topliss-reactive ketones (excluding diaryl/α,β-unsaturated/α-hetero) is 1. The number of hydrogen-bond acceptors (Lipinski definition) is 5. The second-order valence-corrected chi connectivity index (χ2v) is 5.69. The fourth-order valence-electron chi connectivity index (χ4n) is 2.31. The van der Waals surface area contributed by atoms with Gasteiger partial charge in [0.25, 0.3) is 5.69 Å². The highest BCUT2D eigenvalue weighted by atomic mass is 16.6. The Labute approximate surface area is 144 Å². The van der Waals surface area contributed by atoms with Crippen molar-refractivity contribution in [1.29, 1.82) is 0 Å². The number of nitro groups is 1. The first kappa shape index (κ1) is 16.4. The number of ether oxygens (including phenoxy) is 2. The third-order valence-electron chi connectivity index (χ3n) is 3.53. The molecule has 1 aliphatic rings. The molecule has 0 aromatic heterocycles. The average molecular weight is 337 g/mol. The van der Waals surface area contributed by atoms with Gasteiger partial charge in [-0.3, -0.25) is 14.9 Å². The first-order chi connectivity index (χ1) is 11.9. The summed E-state index contributed by atoms with van der Waals surface area (Å²) in [5, 5.41) is 10.7. The van der Waals surface area contributed by atoms with Crippen LogP contribution in [0.5, 0.6) is 11.5 Å². The van der Waals surface area contributed by atoms with E-state index in [1.807, 2.05) is 6.92 Å². The minimum atomic E-state index is -0.476. The van der Waals surface area contributed by atoms with Crippen molar-refractivity contribution < 1.29 is 19.2 Å². The first-order valence-electron chi connectivity index (χ1n) is 7.54. The van der Waals surface area contributed by atoms with Crippen molar-refractivity contribution in [3.63, 3.8) is 0 Å². The average Bonchev–Trinajstić information content (AvgIpc) is 2.89. The number of ketones is 1. The van der Waals surface area contributed by atoms with Crippen LogP contribution in [0, 0.1) is 10.1 Å². The smallest absolute Gasteiger partial charge is 0.269 e. The van der Waals surface area contributed by atoms with E-state index < -0.39 is 4.92 Å². The second kappa shape index (κ2) is 6.60. The Hall–Kier alpha value is -3.41. The zero-order chi connectivity index (χ0) is 18.0. The van der Waals surface area contributed by atoms with Gasteiger partial charge in [-0.05, 0) is 48.4 Å². The van der Waals surface area contributed by atoms with Gasteiger partial charge >= 0.3 is 0 Å². The highest BCUT2D eigenvalue weighted by Gasteiger charge is 2.27. The van der Waals surface area contributed by atoms with Crippen LogP contribution in [0.2, 0.25) is 0 Å². The Morgan fingerprint density at radius 3 is 2.64 bits per heavy atom. The molecule has 25 heavy (non-hydrogen) atoms. The lowest BCUT2D eigenvalue weighted by Crippen LogP contribution is -1.98. The number of nitrogens with zero attached hydrogens (tertiary/aromatic N) is 1. The predicted molar refractivity (Wildman–Crippen MR) is 92.8 cm³/mol. The van der Waals surface area contributed by atoms with Gasteiger partial charge in [-0.1, -0.05) is 6.58 Å². The molecule has 6 heteroatoms. The van der Waals surface area contributed by atoms with Crippen molar-refractivity contribution in [2.75, 3.05) is 6.61 Å². The highest BCUT2D eigenvalue weighted by Crippen LogP contribution is 2.35. The molecule has 0 saturated heterocycles. The van der Waals surface area contributed by atoms with E-state index in [4.69, 9.17) is 9.47 Å². The van der Waals surface area contributed by atoms with Gasteiger partial charge in [0, 0.05) is 18.2 Å². The maximum atomic E-state index is 12.4. The largest absolute Gasteiger partial charge is 0.489 e. The van der Waals surface area contributed by atoms with Crippen LogP contribution in [0.3, 0.4) is 0 Å². The molecule has 3 rings (SSSR count). The quantitative estimate of drug-likeness (QED) is 0.354. The Bertz CT molecular complexity index is 897. The van der Waals surface area contributed by atoms with Gasteiger partial charge in [0.2, 0.25) is 5.78 Å². The van der Waals surface area contributed by atoms with Gasteiger partial charge in [0.15, 0.2) is 5.76 Å². The van der Waals surface area contributed by atoms with E-state index in [0.29, 0.717) is 29.2 Å². The Kier molecular flexibility index (Phi) is 4.35. The topological polar surface area (TPSA) is 78.7 Å². The van der Waals surface area contributed by atoms with Gasteiger partial charge < -0.3 is 9.47 Å². The molecule has 2 aromatic rings. The number of nitro benzene ring substituents is 1. The molecule has 6 nitrogen and oxygen atoms in total. The summed E-state index contributed by atoms with van der Waals surface area (Å²) in [5.74, 6) is 0.948. The maximum absolute atomic E-state index is 12.4. The van der Waals surface area contributed by atoms with Crippen LogP contribution in [0.25, 0.3) is 6.08 Å². The molecule has 126 valence electrons. The summed E-state index contributed by atoms with van der Waals surface area (Å²) < 4.78 is 11.2. The summed E-state index contributed by atoms with van der Waals surface area (Å²) in [4.78, 5) is 22.6. The van der Waals surface area contributed by atoms with Gasteiger partial charge in [-0.15, -0.1) is 0 Å². The fraction of sp³-hybridized carbons (Fsp3) is 0.105. The monoisotopic (exact) mass is 337 g/mol. The van der Waals surface area contributed by atoms with Crippen LogP contribution in [-0.4, -0.2) is 17.3 Å². The molecule has 0 radical (unpaired) electrons. The summed E-state index contributed by atoms with van der Waals surface area (Å²) >= 11 is 0. The highest BCUT2D eigenvalue weighted by molar-refractivity contribution is 6.14. The minimum absolute atomic E-state index is 0.0107. The number of hydrogen-bond donors (Lipinski definition) is 0. The molecular formula is C19H15NO5. The Balaban J connectivity index is 1.81. The molecule has 0 bridgehead atoms. The molecule has 0 aliphatic carbocycles. The molecule has 1 heterocycles. The van der Waals surface area contributed by atoms with Gasteiger partial charge in [0.1, 0.15) is 18.1 Å². The maximum Gasteiger partial charge on any atom is 0.269 e. The number of carbonyl (C=O) groups is 1. The van der Waals surface area contributed by atoms with Gasteiger partial charge in [0.05, 0.1) is 10.5 Å². The number of benzene rings is 2. The zero-order valence-corrected chi connectivity index (χ0v) is 13.5. The standard InChI is InChI=1S/C19H15NO5/c1-12(2)11-24-15-7-8-16-17(10-15)25-18(19(16)21)9-13-3-5-14(6-4-13)20(22)23/h3-10H,1,11H2,2H3/b18-9-. The van der Waals surface area contributed by atoms with E-state index in [1.165, 1.54) is 12.1 Å². The van der Waals surface area contributed by atoms with Crippen molar-refractivity contribution >= 4 is 17.5 Å². The molecule has 0 N–H and O–H groups in total. The molecule has 0 fully saturated rings. The van der Waals surface area contributed by atoms with E-state index in [1.54, 1.807) is 36.4 Å². The normalized spacial score (nSPS) is 14.1. The lowest BCUT2D eigenvalue weighted by molar-refractivity contribution is -0.384. The third kappa shape index (κ3) is 3.58. The van der Waals surface area contributed by atoms with Gasteiger partial charge in [-0.2, -0.15) is 0 Å². The first-order valence-corrected chi connectivity index (χ1v) is 7.54. The van der Waals surface area contributed by atoms with Crippen LogP contribution in [-0.2, 0) is 0 Å². The van der Waals surface area contributed by atoms with Crippen molar-refractivity contribution in [1.82, 2.24) is 0 Å². The van der Waals surface area contributed by atoms with Gasteiger partial charge in [-0.25, -0.2) is 0 Å². The van der Waals surface area contributed by atoms with E-state index in [0.717, 1.165) is 5.57 Å². The fourth-order valence-corrected chi connectivity index (χ4v) is 2.31. The van der Waals surface area contributed by atoms with Crippen molar-refractivity contribution in [3.8, 4) is 11.5 Å². The lowest BCUT2D eigenvalue weighted by atomic mass is 10.1. The number of fused-ring (bicyclic) bond motifs is 1. The molecule has 0 saturated carbocycles. The van der Waals surface area contributed by atoms with E-state index in [-0.39, 0.29) is 17.2 Å². The summed E-state index contributed by atoms with van der Waals surface area (Å²) in [6, 6.07) is 10.9. The number of non-ortho nitro benzene ring substituents is 1. The predicted octanol–water partition coefficient (Wildman–Crippen LogP) is 4.17. The molecule has 0 atom stereocenters. The van der Waals surface area contributed by atoms with E-state index in [9.17, 15) is 14.9 Å². The van der Waals surface area contributed by atoms with E-state index in [2.05, 4.69) is 6.58 Å². The summed E-state index contributed by atoms with van der Waals surface area (Å²) in [6.45, 7) is 6.02. The van der Waals surface area contributed by atoms with Crippen LogP contribution in [0.15, 0.2) is 60.4 Å².